The fourth-order valence-corrected chi connectivity index (χ4v) is 6.13. The summed E-state index contributed by atoms with van der Waals surface area (Å²) in [5.41, 5.74) is 3.77. The van der Waals surface area contributed by atoms with Crippen molar-refractivity contribution in [1.82, 2.24) is 4.98 Å². The van der Waals surface area contributed by atoms with Gasteiger partial charge in [0.25, 0.3) is 0 Å². The monoisotopic (exact) mass is 569 g/mol. The van der Waals surface area contributed by atoms with Gasteiger partial charge in [-0.3, -0.25) is 4.99 Å². The Kier molecular flexibility index (Phi) is 13.2. The van der Waals surface area contributed by atoms with Gasteiger partial charge in [0.2, 0.25) is 0 Å². The summed E-state index contributed by atoms with van der Waals surface area (Å²) in [7, 11) is 2.11. The van der Waals surface area contributed by atoms with Crippen LogP contribution < -0.4 is 10.3 Å². The van der Waals surface area contributed by atoms with Crippen LogP contribution >= 0.6 is 0 Å². The van der Waals surface area contributed by atoms with Crippen molar-refractivity contribution in [3.63, 3.8) is 0 Å². The Balaban J connectivity index is 1.56. The molecule has 1 aliphatic heterocycles. The molecule has 0 bridgehead atoms. The van der Waals surface area contributed by atoms with Gasteiger partial charge in [0, 0.05) is 48.7 Å². The van der Waals surface area contributed by atoms with Crippen LogP contribution in [0.3, 0.4) is 0 Å². The van der Waals surface area contributed by atoms with Crippen LogP contribution in [-0.2, 0) is 0 Å². The van der Waals surface area contributed by atoms with Gasteiger partial charge in [-0.1, -0.05) is 122 Å². The number of unbranched alkanes of at least 4 members (excludes halogenated alkanes) is 11. The van der Waals surface area contributed by atoms with E-state index in [0.717, 1.165) is 52.1 Å². The number of benzene rings is 3. The van der Waals surface area contributed by atoms with E-state index in [1.54, 1.807) is 0 Å². The van der Waals surface area contributed by atoms with Crippen LogP contribution in [-0.4, -0.2) is 25.1 Å². The molecule has 4 rings (SSSR count). The molecule has 42 heavy (non-hydrogen) atoms. The summed E-state index contributed by atoms with van der Waals surface area (Å²) in [6.45, 7) is 8.59. The van der Waals surface area contributed by atoms with E-state index in [0.29, 0.717) is 5.92 Å². The maximum Gasteiger partial charge on any atom is 0.155 e. The first-order chi connectivity index (χ1) is 20.6. The lowest BCUT2D eigenvalue weighted by Crippen LogP contribution is -2.15. The molecule has 0 aromatic heterocycles. The number of rotatable bonds is 19. The molecule has 4 heteroatoms. The minimum Gasteiger partial charge on any atom is -0.453 e. The quantitative estimate of drug-likeness (QED) is 0.0640. The van der Waals surface area contributed by atoms with Gasteiger partial charge < -0.3 is 9.32 Å². The van der Waals surface area contributed by atoms with Crippen LogP contribution in [0.1, 0.15) is 117 Å². The summed E-state index contributed by atoms with van der Waals surface area (Å²) >= 11 is 0. The van der Waals surface area contributed by atoms with E-state index in [1.165, 1.54) is 102 Å². The van der Waals surface area contributed by atoms with Crippen LogP contribution in [0, 0.1) is 5.92 Å². The zero-order valence-electron chi connectivity index (χ0n) is 27.0. The molecular weight excluding hydrogens is 514 g/mol. The molecule has 0 saturated carbocycles. The average molecular weight is 570 g/mol. The van der Waals surface area contributed by atoms with Crippen molar-refractivity contribution in [3.8, 4) is 11.5 Å². The van der Waals surface area contributed by atoms with Crippen molar-refractivity contribution in [1.29, 1.82) is 0 Å². The summed E-state index contributed by atoms with van der Waals surface area (Å²) in [5.74, 6) is 1.47. The van der Waals surface area contributed by atoms with E-state index in [2.05, 4.69) is 81.2 Å². The molecule has 1 heterocycles. The van der Waals surface area contributed by atoms with Crippen molar-refractivity contribution < 1.29 is 4.42 Å². The molecule has 0 N–H and O–H groups in total. The number of hydrogen-bond donors (Lipinski definition) is 0. The minimum atomic E-state index is 0.653. The van der Waals surface area contributed by atoms with Gasteiger partial charge in [0.05, 0.1) is 5.36 Å². The first-order valence-corrected chi connectivity index (χ1v) is 17.1. The Morgan fingerprint density at radius 3 is 2.00 bits per heavy atom. The smallest absolute Gasteiger partial charge is 0.155 e. The highest BCUT2D eigenvalue weighted by molar-refractivity contribution is 5.96. The minimum absolute atomic E-state index is 0.653. The lowest BCUT2D eigenvalue weighted by molar-refractivity contribution is 0.409. The second kappa shape index (κ2) is 17.3. The van der Waals surface area contributed by atoms with Gasteiger partial charge in [-0.05, 0) is 37.8 Å². The van der Waals surface area contributed by atoms with Gasteiger partial charge in [0.15, 0.2) is 11.3 Å². The Bertz CT molecular complexity index is 1390. The predicted octanol–water partition coefficient (Wildman–Crippen LogP) is 11.0. The maximum absolute atomic E-state index is 6.52. The zero-order valence-corrected chi connectivity index (χ0v) is 27.0. The Labute approximate surface area is 255 Å². The normalized spacial score (nSPS) is 13.0. The third-order valence-corrected chi connectivity index (χ3v) is 8.97. The highest BCUT2D eigenvalue weighted by atomic mass is 16.3. The van der Waals surface area contributed by atoms with Crippen LogP contribution in [0.2, 0.25) is 0 Å². The molecule has 2 aliphatic rings. The summed E-state index contributed by atoms with van der Waals surface area (Å²) in [6, 6.07) is 17.0. The van der Waals surface area contributed by atoms with Crippen molar-refractivity contribution in [2.75, 3.05) is 25.0 Å². The van der Waals surface area contributed by atoms with Crippen LogP contribution in [0.4, 0.5) is 5.69 Å². The Morgan fingerprint density at radius 2 is 1.36 bits per heavy atom. The molecule has 4 nitrogen and oxygen atoms in total. The molecule has 0 radical (unpaired) electrons. The molecule has 228 valence electrons. The molecule has 0 spiro atoms. The SMILES string of the molecule is CCCCCCCCCC(CCCCCCCC)CN=c1cc2oc3cc(N(C)CC)ccc3nc-2c2ccccc12. The van der Waals surface area contributed by atoms with Gasteiger partial charge in [-0.2, -0.15) is 0 Å². The first kappa shape index (κ1) is 32.0. The van der Waals surface area contributed by atoms with E-state index < -0.39 is 0 Å². The highest BCUT2D eigenvalue weighted by Crippen LogP contribution is 2.31. The van der Waals surface area contributed by atoms with E-state index in [4.69, 9.17) is 14.4 Å². The van der Waals surface area contributed by atoms with Crippen LogP contribution in [0.15, 0.2) is 57.9 Å². The molecule has 1 unspecified atom stereocenters. The van der Waals surface area contributed by atoms with Crippen molar-refractivity contribution >= 4 is 27.6 Å². The molecule has 0 fully saturated rings. The topological polar surface area (TPSA) is 41.6 Å². The highest BCUT2D eigenvalue weighted by Gasteiger charge is 2.16. The van der Waals surface area contributed by atoms with Crippen LogP contribution in [0.5, 0.6) is 0 Å². The fourth-order valence-electron chi connectivity index (χ4n) is 6.13. The molecule has 0 saturated heterocycles. The van der Waals surface area contributed by atoms with Crippen molar-refractivity contribution in [2.24, 2.45) is 10.9 Å². The van der Waals surface area contributed by atoms with Gasteiger partial charge >= 0.3 is 0 Å². The molecule has 1 aliphatic carbocycles. The summed E-state index contributed by atoms with van der Waals surface area (Å²) in [5, 5.41) is 3.33. The first-order valence-electron chi connectivity index (χ1n) is 17.1. The molecule has 0 amide bonds. The zero-order chi connectivity index (χ0) is 29.6. The third-order valence-electron chi connectivity index (χ3n) is 8.97. The summed E-state index contributed by atoms with van der Waals surface area (Å²) < 4.78 is 6.52. The third kappa shape index (κ3) is 9.06. The van der Waals surface area contributed by atoms with E-state index in [9.17, 15) is 0 Å². The van der Waals surface area contributed by atoms with E-state index >= 15 is 0 Å². The number of aromatic nitrogens is 1. The van der Waals surface area contributed by atoms with Crippen molar-refractivity contribution in [3.05, 3.63) is 53.9 Å². The number of nitrogens with zero attached hydrogens (tertiary/aromatic N) is 3. The average Bonchev–Trinajstić information content (AvgIpc) is 3.02. The Hall–Kier alpha value is -2.88. The van der Waals surface area contributed by atoms with Gasteiger partial charge in [-0.15, -0.1) is 0 Å². The molecular formula is C38H55N3O. The van der Waals surface area contributed by atoms with E-state index in [1.807, 2.05) is 0 Å². The number of fused-ring (bicyclic) bond motifs is 4. The Morgan fingerprint density at radius 1 is 0.738 bits per heavy atom. The largest absolute Gasteiger partial charge is 0.453 e. The van der Waals surface area contributed by atoms with Crippen LogP contribution in [0.25, 0.3) is 33.3 Å². The van der Waals surface area contributed by atoms with Gasteiger partial charge in [-0.25, -0.2) is 4.98 Å². The molecule has 2 aromatic rings. The maximum atomic E-state index is 6.52. The molecule has 2 aromatic carbocycles. The fraction of sp³-hybridized carbons (Fsp3) is 0.579. The van der Waals surface area contributed by atoms with Crippen molar-refractivity contribution in [2.45, 2.75) is 117 Å². The molecule has 1 atom stereocenters. The predicted molar refractivity (Wildman–Crippen MR) is 182 cm³/mol. The lowest BCUT2D eigenvalue weighted by atomic mass is 9.94. The number of anilines is 1. The lowest BCUT2D eigenvalue weighted by Gasteiger charge is -2.17. The standard InChI is InChI=1S/C38H55N3O/c1-5-8-10-12-14-16-18-22-30(21-17-15-13-11-9-6-2)29-39-35-28-37-38(33-24-20-19-23-32(33)35)40-34-26-25-31(41(4)7-3)27-36(34)42-37/h19-20,23-28,30H,5-18,21-22,29H2,1-4H3. The van der Waals surface area contributed by atoms with E-state index in [-0.39, 0.29) is 0 Å². The second-order valence-corrected chi connectivity index (χ2v) is 12.3. The van der Waals surface area contributed by atoms with Gasteiger partial charge in [0.1, 0.15) is 11.2 Å². The second-order valence-electron chi connectivity index (χ2n) is 12.3. The summed E-state index contributed by atoms with van der Waals surface area (Å²) in [4.78, 5) is 12.6. The number of hydrogen-bond acceptors (Lipinski definition) is 4. The summed E-state index contributed by atoms with van der Waals surface area (Å²) in [6.07, 6.45) is 20.3.